The van der Waals surface area contributed by atoms with Gasteiger partial charge in [-0.15, -0.1) is 0 Å². The van der Waals surface area contributed by atoms with Crippen LogP contribution in [0.2, 0.25) is 0 Å². The average molecular weight is 457 g/mol. The molecule has 3 heterocycles. The Balaban J connectivity index is 1.89. The Hall–Kier alpha value is -2.37. The lowest BCUT2D eigenvalue weighted by atomic mass is 10.0. The molecule has 1 unspecified atom stereocenters. The number of hydrogen-bond acceptors (Lipinski definition) is 7. The Kier molecular flexibility index (Phi) is 5.84. The first-order valence-electron chi connectivity index (χ1n) is 9.80. The van der Waals surface area contributed by atoms with Crippen LogP contribution >= 0.6 is 0 Å². The van der Waals surface area contributed by atoms with Crippen molar-refractivity contribution in [3.63, 3.8) is 0 Å². The van der Waals surface area contributed by atoms with Crippen LogP contribution in [0.1, 0.15) is 12.1 Å². The van der Waals surface area contributed by atoms with Gasteiger partial charge in [0.25, 0.3) is 0 Å². The summed E-state index contributed by atoms with van der Waals surface area (Å²) in [7, 11) is -3.80. The predicted octanol–water partition coefficient (Wildman–Crippen LogP) is 2.75. The van der Waals surface area contributed by atoms with Gasteiger partial charge in [0.05, 0.1) is 30.0 Å². The number of benzene rings is 1. The molecule has 0 aliphatic carbocycles. The molecule has 1 aromatic carbocycles. The number of sulfone groups is 1. The number of nitrogens with zero attached hydrogens (tertiary/aromatic N) is 2. The summed E-state index contributed by atoms with van der Waals surface area (Å²) >= 11 is 0. The van der Waals surface area contributed by atoms with Gasteiger partial charge in [-0.25, -0.2) is 13.4 Å². The molecular weight excluding hydrogens is 435 g/mol. The van der Waals surface area contributed by atoms with Gasteiger partial charge in [0.1, 0.15) is 5.82 Å². The number of nitrogens with two attached hydrogens (primary N) is 1. The van der Waals surface area contributed by atoms with E-state index in [4.69, 9.17) is 15.2 Å². The van der Waals surface area contributed by atoms with Crippen molar-refractivity contribution in [2.75, 3.05) is 50.2 Å². The number of anilines is 2. The molecule has 2 aliphatic rings. The lowest BCUT2D eigenvalue weighted by molar-refractivity contribution is -0.140. The topological polar surface area (TPSA) is 94.8 Å². The monoisotopic (exact) mass is 457 g/mol. The number of halogens is 3. The van der Waals surface area contributed by atoms with Crippen molar-refractivity contribution in [2.45, 2.75) is 22.7 Å². The smallest absolute Gasteiger partial charge is 0.384 e. The highest BCUT2D eigenvalue weighted by atomic mass is 32.2. The molecule has 2 aromatic rings. The summed E-state index contributed by atoms with van der Waals surface area (Å²) < 4.78 is 78.0. The zero-order valence-corrected chi connectivity index (χ0v) is 17.4. The number of ether oxygens (including phenoxy) is 2. The second-order valence-corrected chi connectivity index (χ2v) is 9.70. The fraction of sp³-hybridized carbons (Fsp3) is 0.450. The molecule has 2 saturated heterocycles. The van der Waals surface area contributed by atoms with Crippen LogP contribution in [0.25, 0.3) is 11.1 Å². The first kappa shape index (κ1) is 21.8. The molecule has 168 valence electrons. The molecule has 0 radical (unpaired) electrons. The normalized spacial score (nSPS) is 20.2. The van der Waals surface area contributed by atoms with E-state index in [1.807, 2.05) is 4.90 Å². The zero-order chi connectivity index (χ0) is 22.2. The standard InChI is InChI=1S/C20H22F3N3O4S/c21-20(22,23)19-17(1-2-18(24)25-19)13-9-14(26-4-7-29-8-5-26)11-16(10-13)31(27,28)15-3-6-30-12-15/h1-2,9-11,15H,3-8,12H2,(H2,24,25). The first-order valence-corrected chi connectivity index (χ1v) is 11.3. The summed E-state index contributed by atoms with van der Waals surface area (Å²) in [6.07, 6.45) is -4.41. The highest BCUT2D eigenvalue weighted by Crippen LogP contribution is 2.39. The summed E-state index contributed by atoms with van der Waals surface area (Å²) in [5.74, 6) is -0.267. The van der Waals surface area contributed by atoms with Crippen molar-refractivity contribution < 1.29 is 31.1 Å². The third-order valence-corrected chi connectivity index (χ3v) is 7.56. The van der Waals surface area contributed by atoms with Gasteiger partial charge in [-0.1, -0.05) is 0 Å². The minimum absolute atomic E-state index is 0.0352. The summed E-state index contributed by atoms with van der Waals surface area (Å²) in [5.41, 5.74) is 4.74. The number of rotatable bonds is 4. The van der Waals surface area contributed by atoms with Crippen molar-refractivity contribution in [1.29, 1.82) is 0 Å². The minimum atomic E-state index is -4.75. The summed E-state index contributed by atoms with van der Waals surface area (Å²) in [4.78, 5) is 5.34. The number of alkyl halides is 3. The average Bonchev–Trinajstić information content (AvgIpc) is 3.29. The second-order valence-electron chi connectivity index (χ2n) is 7.48. The Labute approximate surface area is 177 Å². The zero-order valence-electron chi connectivity index (χ0n) is 16.6. The summed E-state index contributed by atoms with van der Waals surface area (Å²) in [6, 6.07) is 6.84. The molecule has 2 fully saturated rings. The molecule has 2 aliphatic heterocycles. The molecular formula is C20H22F3N3O4S. The van der Waals surface area contributed by atoms with Crippen LogP contribution in [-0.2, 0) is 25.5 Å². The van der Waals surface area contributed by atoms with Crippen LogP contribution in [0.15, 0.2) is 35.2 Å². The van der Waals surface area contributed by atoms with Crippen molar-refractivity contribution in [3.8, 4) is 11.1 Å². The molecule has 1 atom stereocenters. The van der Waals surface area contributed by atoms with Gasteiger partial charge in [0, 0.05) is 30.9 Å². The van der Waals surface area contributed by atoms with Crippen LogP contribution in [0.3, 0.4) is 0 Å². The number of nitrogen functional groups attached to an aromatic ring is 1. The van der Waals surface area contributed by atoms with Crippen molar-refractivity contribution in [1.82, 2.24) is 4.98 Å². The van der Waals surface area contributed by atoms with Gasteiger partial charge < -0.3 is 20.1 Å². The minimum Gasteiger partial charge on any atom is -0.384 e. The predicted molar refractivity (Wildman–Crippen MR) is 109 cm³/mol. The van der Waals surface area contributed by atoms with Gasteiger partial charge >= 0.3 is 6.18 Å². The Morgan fingerprint density at radius 1 is 1.06 bits per heavy atom. The molecule has 4 rings (SSSR count). The molecule has 31 heavy (non-hydrogen) atoms. The molecule has 0 saturated carbocycles. The maximum atomic E-state index is 13.7. The van der Waals surface area contributed by atoms with Gasteiger partial charge in [0.15, 0.2) is 15.5 Å². The van der Waals surface area contributed by atoms with Gasteiger partial charge in [0.2, 0.25) is 0 Å². The summed E-state index contributed by atoms with van der Waals surface area (Å²) in [5, 5.41) is -0.730. The molecule has 0 bridgehead atoms. The van der Waals surface area contributed by atoms with Crippen LogP contribution < -0.4 is 10.6 Å². The number of hydrogen-bond donors (Lipinski definition) is 1. The van der Waals surface area contributed by atoms with Crippen molar-refractivity contribution in [3.05, 3.63) is 36.0 Å². The van der Waals surface area contributed by atoms with Crippen LogP contribution in [-0.4, -0.2) is 58.2 Å². The Morgan fingerprint density at radius 2 is 1.81 bits per heavy atom. The van der Waals surface area contributed by atoms with E-state index in [1.54, 1.807) is 6.07 Å². The van der Waals surface area contributed by atoms with E-state index < -0.39 is 27.0 Å². The van der Waals surface area contributed by atoms with E-state index in [2.05, 4.69) is 4.98 Å². The second kappa shape index (κ2) is 8.29. The van der Waals surface area contributed by atoms with Gasteiger partial charge in [-0.2, -0.15) is 13.2 Å². The Morgan fingerprint density at radius 3 is 2.45 bits per heavy atom. The number of pyridine rings is 1. The molecule has 0 spiro atoms. The lowest BCUT2D eigenvalue weighted by Gasteiger charge is -2.30. The maximum absolute atomic E-state index is 13.7. The van der Waals surface area contributed by atoms with E-state index in [1.165, 1.54) is 24.3 Å². The van der Waals surface area contributed by atoms with Gasteiger partial charge in [-0.05, 0) is 42.3 Å². The molecule has 7 nitrogen and oxygen atoms in total. The van der Waals surface area contributed by atoms with E-state index in [0.717, 1.165) is 0 Å². The molecule has 2 N–H and O–H groups in total. The molecule has 11 heteroatoms. The lowest BCUT2D eigenvalue weighted by Crippen LogP contribution is -2.36. The molecule has 0 amide bonds. The largest absolute Gasteiger partial charge is 0.434 e. The third kappa shape index (κ3) is 4.48. The maximum Gasteiger partial charge on any atom is 0.434 e. The Bertz CT molecular complexity index is 1060. The van der Waals surface area contributed by atoms with Crippen molar-refractivity contribution in [2.24, 2.45) is 0 Å². The highest BCUT2D eigenvalue weighted by molar-refractivity contribution is 7.92. The van der Waals surface area contributed by atoms with E-state index in [9.17, 15) is 21.6 Å². The number of morpholine rings is 1. The van der Waals surface area contributed by atoms with Crippen LogP contribution in [0, 0.1) is 0 Å². The van der Waals surface area contributed by atoms with E-state index >= 15 is 0 Å². The van der Waals surface area contributed by atoms with E-state index in [-0.39, 0.29) is 28.4 Å². The van der Waals surface area contributed by atoms with E-state index in [0.29, 0.717) is 45.0 Å². The molecule has 1 aromatic heterocycles. The van der Waals surface area contributed by atoms with Gasteiger partial charge in [-0.3, -0.25) is 0 Å². The fourth-order valence-electron chi connectivity index (χ4n) is 3.78. The SMILES string of the molecule is Nc1ccc(-c2cc(N3CCOCC3)cc(S(=O)(=O)C3CCOC3)c2)c(C(F)(F)F)n1. The fourth-order valence-corrected chi connectivity index (χ4v) is 5.42. The van der Waals surface area contributed by atoms with Crippen LogP contribution in [0.4, 0.5) is 24.7 Å². The first-order chi connectivity index (χ1) is 14.7. The number of aromatic nitrogens is 1. The van der Waals surface area contributed by atoms with Crippen molar-refractivity contribution >= 4 is 21.3 Å². The highest BCUT2D eigenvalue weighted by Gasteiger charge is 2.37. The summed E-state index contributed by atoms with van der Waals surface area (Å²) in [6.45, 7) is 2.29. The quantitative estimate of drug-likeness (QED) is 0.754. The van der Waals surface area contributed by atoms with Crippen LogP contribution in [0.5, 0.6) is 0 Å². The third-order valence-electron chi connectivity index (χ3n) is 5.42.